The van der Waals surface area contributed by atoms with E-state index in [-0.39, 0.29) is 17.2 Å². The van der Waals surface area contributed by atoms with Gasteiger partial charge in [0.05, 0.1) is 18.2 Å². The largest absolute Gasteiger partial charge is 0.507 e. The van der Waals surface area contributed by atoms with Crippen LogP contribution < -0.4 is 9.64 Å². The molecule has 0 bridgehead atoms. The summed E-state index contributed by atoms with van der Waals surface area (Å²) in [6.45, 7) is 6.15. The van der Waals surface area contributed by atoms with Gasteiger partial charge >= 0.3 is 5.91 Å². The van der Waals surface area contributed by atoms with Crippen molar-refractivity contribution in [2.75, 3.05) is 11.5 Å². The molecule has 1 aliphatic heterocycles. The predicted molar refractivity (Wildman–Crippen MR) is 119 cm³/mol. The van der Waals surface area contributed by atoms with Crippen molar-refractivity contribution in [3.63, 3.8) is 0 Å². The van der Waals surface area contributed by atoms with Gasteiger partial charge in [-0.05, 0) is 55.7 Å². The third kappa shape index (κ3) is 3.77. The Bertz CT molecular complexity index is 1180. The molecular weight excluding hydrogens is 408 g/mol. The van der Waals surface area contributed by atoms with Crippen LogP contribution in [-0.2, 0) is 16.0 Å². The smallest absolute Gasteiger partial charge is 0.301 e. The number of aromatic nitrogens is 1. The number of aryl methyl sites for hydroxylation is 2. The lowest BCUT2D eigenvalue weighted by Gasteiger charge is -2.23. The maximum absolute atomic E-state index is 13.1. The van der Waals surface area contributed by atoms with Crippen molar-refractivity contribution < 1.29 is 24.0 Å². The Balaban J connectivity index is 1.86. The first-order valence-electron chi connectivity index (χ1n) is 10.5. The summed E-state index contributed by atoms with van der Waals surface area (Å²) < 4.78 is 10.6. The summed E-state index contributed by atoms with van der Waals surface area (Å²) in [5, 5.41) is 15.1. The number of Topliss-reactive ketones (excluding diaryl/α,β-unsaturated/α-hetero) is 1. The van der Waals surface area contributed by atoms with E-state index in [0.717, 1.165) is 12.0 Å². The fourth-order valence-electron chi connectivity index (χ4n) is 3.82. The van der Waals surface area contributed by atoms with Crippen LogP contribution in [0.4, 0.5) is 5.82 Å². The van der Waals surface area contributed by atoms with E-state index in [2.05, 4.69) is 5.16 Å². The number of ketones is 1. The molecule has 1 fully saturated rings. The third-order valence-electron chi connectivity index (χ3n) is 5.45. The summed E-state index contributed by atoms with van der Waals surface area (Å²) in [5.41, 5.74) is 2.23. The number of rotatable bonds is 6. The molecule has 0 saturated carbocycles. The summed E-state index contributed by atoms with van der Waals surface area (Å²) in [6.07, 6.45) is 0.856. The fraction of sp³-hybridized carbons (Fsp3) is 0.240. The number of benzene rings is 2. The van der Waals surface area contributed by atoms with Crippen molar-refractivity contribution in [3.05, 3.63) is 82.6 Å². The lowest BCUT2D eigenvalue weighted by molar-refractivity contribution is -0.132. The molecule has 1 atom stereocenters. The Hall–Kier alpha value is -3.87. The van der Waals surface area contributed by atoms with Gasteiger partial charge in [0.15, 0.2) is 5.82 Å². The van der Waals surface area contributed by atoms with E-state index in [1.54, 1.807) is 37.3 Å². The van der Waals surface area contributed by atoms with Gasteiger partial charge in [-0.1, -0.05) is 36.3 Å². The molecule has 0 aliphatic carbocycles. The Kier molecular flexibility index (Phi) is 5.81. The summed E-state index contributed by atoms with van der Waals surface area (Å²) in [6, 6.07) is 15.1. The highest BCUT2D eigenvalue weighted by atomic mass is 16.5. The van der Waals surface area contributed by atoms with Gasteiger partial charge in [0, 0.05) is 11.6 Å². The van der Waals surface area contributed by atoms with Crippen LogP contribution in [0, 0.1) is 6.92 Å². The molecule has 3 aromatic rings. The highest BCUT2D eigenvalue weighted by molar-refractivity contribution is 6.51. The van der Waals surface area contributed by atoms with Crippen molar-refractivity contribution in [2.45, 2.75) is 33.2 Å². The molecule has 1 aromatic heterocycles. The average Bonchev–Trinajstić information content (AvgIpc) is 3.34. The van der Waals surface area contributed by atoms with Crippen LogP contribution in [0.3, 0.4) is 0 Å². The van der Waals surface area contributed by atoms with Gasteiger partial charge in [0.1, 0.15) is 17.3 Å². The van der Waals surface area contributed by atoms with Gasteiger partial charge in [-0.2, -0.15) is 0 Å². The molecule has 1 N–H and O–H groups in total. The maximum atomic E-state index is 13.1. The van der Waals surface area contributed by atoms with E-state index in [4.69, 9.17) is 9.26 Å². The van der Waals surface area contributed by atoms with Crippen LogP contribution >= 0.6 is 0 Å². The van der Waals surface area contributed by atoms with Gasteiger partial charge in [-0.25, -0.2) is 0 Å². The molecular formula is C25H24N2O5. The Morgan fingerprint density at radius 2 is 1.78 bits per heavy atom. The van der Waals surface area contributed by atoms with E-state index in [9.17, 15) is 14.7 Å². The van der Waals surface area contributed by atoms with E-state index in [1.165, 1.54) is 4.90 Å². The minimum absolute atomic E-state index is 0.00376. The minimum atomic E-state index is -0.836. The molecule has 164 valence electrons. The molecule has 1 aliphatic rings. The van der Waals surface area contributed by atoms with Gasteiger partial charge in [-0.15, -0.1) is 0 Å². The van der Waals surface area contributed by atoms with Gasteiger partial charge in [0.25, 0.3) is 5.78 Å². The second-order valence-corrected chi connectivity index (χ2v) is 7.52. The van der Waals surface area contributed by atoms with Crippen LogP contribution in [0.5, 0.6) is 5.75 Å². The molecule has 0 spiro atoms. The van der Waals surface area contributed by atoms with Crippen molar-refractivity contribution in [1.82, 2.24) is 5.16 Å². The zero-order valence-corrected chi connectivity index (χ0v) is 18.2. The molecule has 32 heavy (non-hydrogen) atoms. The molecule has 0 radical (unpaired) electrons. The Labute approximate surface area is 185 Å². The lowest BCUT2D eigenvalue weighted by atomic mass is 9.94. The molecule has 2 heterocycles. The second kappa shape index (κ2) is 8.70. The normalized spacial score (nSPS) is 17.7. The quantitative estimate of drug-likeness (QED) is 0.348. The van der Waals surface area contributed by atoms with Crippen molar-refractivity contribution >= 4 is 23.3 Å². The molecule has 2 aromatic carbocycles. The summed E-state index contributed by atoms with van der Waals surface area (Å²) in [7, 11) is 0. The van der Waals surface area contributed by atoms with Gasteiger partial charge in [0.2, 0.25) is 0 Å². The van der Waals surface area contributed by atoms with E-state index in [0.29, 0.717) is 29.2 Å². The number of ether oxygens (including phenoxy) is 1. The lowest BCUT2D eigenvalue weighted by Crippen LogP contribution is -2.29. The number of aliphatic hydroxyl groups excluding tert-OH is 1. The standard InChI is InChI=1S/C25H24N2O5/c1-4-16-6-8-17(9-7-16)22-21(23(28)18-10-12-19(13-11-18)31-5-2)24(29)25(30)27(22)20-14-15(3)32-26-20/h6-14,22,28H,4-5H2,1-3H3/b23-21+. The summed E-state index contributed by atoms with van der Waals surface area (Å²) in [5.74, 6) is -0.418. The number of nitrogens with zero attached hydrogens (tertiary/aromatic N) is 2. The Morgan fingerprint density at radius 1 is 1.09 bits per heavy atom. The van der Waals surface area contributed by atoms with Crippen LogP contribution in [0.1, 0.15) is 42.3 Å². The first-order valence-corrected chi connectivity index (χ1v) is 10.5. The van der Waals surface area contributed by atoms with Gasteiger partial charge < -0.3 is 14.4 Å². The van der Waals surface area contributed by atoms with E-state index >= 15 is 0 Å². The fourth-order valence-corrected chi connectivity index (χ4v) is 3.82. The number of anilines is 1. The van der Waals surface area contributed by atoms with Crippen molar-refractivity contribution in [3.8, 4) is 5.75 Å². The molecule has 7 nitrogen and oxygen atoms in total. The first-order chi connectivity index (χ1) is 15.4. The van der Waals surface area contributed by atoms with Gasteiger partial charge in [-0.3, -0.25) is 14.5 Å². The van der Waals surface area contributed by atoms with E-state index in [1.807, 2.05) is 38.1 Å². The SMILES string of the molecule is CCOc1ccc(/C(O)=C2\C(=O)C(=O)N(c3cc(C)on3)C2c2ccc(CC)cc2)cc1. The number of carbonyl (C=O) groups excluding carboxylic acids is 2. The number of aliphatic hydroxyl groups is 1. The van der Waals surface area contributed by atoms with Crippen molar-refractivity contribution in [1.29, 1.82) is 0 Å². The molecule has 1 saturated heterocycles. The highest BCUT2D eigenvalue weighted by Crippen LogP contribution is 2.42. The van der Waals surface area contributed by atoms with Crippen LogP contribution in [0.2, 0.25) is 0 Å². The number of carbonyl (C=O) groups is 2. The van der Waals surface area contributed by atoms with E-state index < -0.39 is 17.7 Å². The topological polar surface area (TPSA) is 92.9 Å². The monoisotopic (exact) mass is 432 g/mol. The third-order valence-corrected chi connectivity index (χ3v) is 5.45. The average molecular weight is 432 g/mol. The molecule has 7 heteroatoms. The summed E-state index contributed by atoms with van der Waals surface area (Å²) >= 11 is 0. The Morgan fingerprint density at radius 3 is 2.34 bits per heavy atom. The van der Waals surface area contributed by atoms with Crippen LogP contribution in [0.25, 0.3) is 5.76 Å². The molecule has 4 rings (SSSR count). The molecule has 1 unspecified atom stereocenters. The van der Waals surface area contributed by atoms with Crippen LogP contribution in [-0.4, -0.2) is 28.6 Å². The maximum Gasteiger partial charge on any atom is 0.301 e. The predicted octanol–water partition coefficient (Wildman–Crippen LogP) is 4.57. The first kappa shape index (κ1) is 21.4. The highest BCUT2D eigenvalue weighted by Gasteiger charge is 2.48. The second-order valence-electron chi connectivity index (χ2n) is 7.52. The number of hydrogen-bond acceptors (Lipinski definition) is 6. The zero-order chi connectivity index (χ0) is 22.8. The zero-order valence-electron chi connectivity index (χ0n) is 18.2. The number of amides is 1. The van der Waals surface area contributed by atoms with Crippen LogP contribution in [0.15, 0.2) is 64.7 Å². The molecule has 1 amide bonds. The minimum Gasteiger partial charge on any atom is -0.507 e. The number of hydrogen-bond donors (Lipinski definition) is 1. The summed E-state index contributed by atoms with van der Waals surface area (Å²) in [4.78, 5) is 27.4. The van der Waals surface area contributed by atoms with Crippen molar-refractivity contribution in [2.24, 2.45) is 0 Å².